The van der Waals surface area contributed by atoms with E-state index in [-0.39, 0.29) is 11.9 Å². The van der Waals surface area contributed by atoms with Crippen LogP contribution in [0.15, 0.2) is 36.4 Å². The Morgan fingerprint density at radius 3 is 2.00 bits per heavy atom. The number of hydrogen-bond acceptors (Lipinski definition) is 1. The normalized spacial score (nSPS) is 12.7. The molecule has 0 fully saturated rings. The highest BCUT2D eigenvalue weighted by Gasteiger charge is 2.19. The molecule has 0 saturated carbocycles. The molecule has 2 heteroatoms. The lowest BCUT2D eigenvalue weighted by Crippen LogP contribution is -2.20. The molecule has 21 heavy (non-hydrogen) atoms. The Kier molecular flexibility index (Phi) is 4.79. The predicted molar refractivity (Wildman–Crippen MR) is 87.3 cm³/mol. The van der Waals surface area contributed by atoms with Crippen LogP contribution in [0.5, 0.6) is 0 Å². The van der Waals surface area contributed by atoms with Gasteiger partial charge in [-0.05, 0) is 55.1 Å². The fourth-order valence-electron chi connectivity index (χ4n) is 2.84. The second-order valence-electron chi connectivity index (χ2n) is 6.02. The van der Waals surface area contributed by atoms with Crippen molar-refractivity contribution < 1.29 is 4.39 Å². The van der Waals surface area contributed by atoms with Crippen LogP contribution in [-0.2, 0) is 0 Å². The molecule has 1 N–H and O–H groups in total. The lowest BCUT2D eigenvalue weighted by molar-refractivity contribution is 0.572. The van der Waals surface area contributed by atoms with Crippen LogP contribution in [0.2, 0.25) is 0 Å². The first kappa shape index (κ1) is 15.7. The number of nitrogens with one attached hydrogen (secondary N) is 1. The fourth-order valence-corrected chi connectivity index (χ4v) is 2.84. The van der Waals surface area contributed by atoms with Gasteiger partial charge in [0, 0.05) is 5.56 Å². The van der Waals surface area contributed by atoms with Crippen LogP contribution in [0.25, 0.3) is 0 Å². The van der Waals surface area contributed by atoms with Crippen molar-refractivity contribution in [3.05, 3.63) is 70.0 Å². The van der Waals surface area contributed by atoms with Crippen molar-refractivity contribution >= 4 is 0 Å². The van der Waals surface area contributed by atoms with Crippen molar-refractivity contribution in [3.8, 4) is 0 Å². The van der Waals surface area contributed by atoms with E-state index in [2.05, 4.69) is 43.4 Å². The summed E-state index contributed by atoms with van der Waals surface area (Å²) in [6.07, 6.45) is 0. The third-order valence-corrected chi connectivity index (χ3v) is 3.99. The zero-order valence-corrected chi connectivity index (χ0v) is 13.5. The van der Waals surface area contributed by atoms with Crippen molar-refractivity contribution in [1.29, 1.82) is 0 Å². The Hall–Kier alpha value is -1.67. The summed E-state index contributed by atoms with van der Waals surface area (Å²) in [6.45, 7) is 8.24. The largest absolute Gasteiger partial charge is 0.309 e. The van der Waals surface area contributed by atoms with E-state index in [0.717, 1.165) is 22.3 Å². The molecule has 0 aliphatic rings. The van der Waals surface area contributed by atoms with E-state index in [4.69, 9.17) is 0 Å². The minimum absolute atomic E-state index is 0.119. The molecule has 112 valence electrons. The first-order valence-electron chi connectivity index (χ1n) is 7.47. The summed E-state index contributed by atoms with van der Waals surface area (Å²) in [5.74, 6) is 0.365. The number of aryl methyl sites for hydroxylation is 2. The predicted octanol–water partition coefficient (Wildman–Crippen LogP) is 4.87. The minimum Gasteiger partial charge on any atom is -0.309 e. The highest BCUT2D eigenvalue weighted by molar-refractivity contribution is 5.40. The molecule has 2 aromatic carbocycles. The average Bonchev–Trinajstić information content (AvgIpc) is 2.42. The van der Waals surface area contributed by atoms with Gasteiger partial charge in [0.25, 0.3) is 0 Å². The van der Waals surface area contributed by atoms with Gasteiger partial charge in [0.2, 0.25) is 0 Å². The standard InChI is InChI=1S/C19H24FN/c1-12(2)15-6-8-16(9-7-15)19(21-5)18-14(4)10-13(3)11-17(18)20/h6-12,19,21H,1-5H3. The molecule has 0 aliphatic carbocycles. The SMILES string of the molecule is CNC(c1ccc(C(C)C)cc1)c1c(C)cc(C)cc1F. The fraction of sp³-hybridized carbons (Fsp3) is 0.368. The third kappa shape index (κ3) is 3.33. The smallest absolute Gasteiger partial charge is 0.128 e. The van der Waals surface area contributed by atoms with E-state index in [1.807, 2.05) is 27.0 Å². The zero-order valence-electron chi connectivity index (χ0n) is 13.5. The topological polar surface area (TPSA) is 12.0 Å². The summed E-state index contributed by atoms with van der Waals surface area (Å²) < 4.78 is 14.4. The molecule has 0 heterocycles. The molecule has 2 aromatic rings. The van der Waals surface area contributed by atoms with E-state index < -0.39 is 0 Å². The highest BCUT2D eigenvalue weighted by Crippen LogP contribution is 2.29. The Morgan fingerprint density at radius 1 is 0.952 bits per heavy atom. The second kappa shape index (κ2) is 6.40. The molecule has 0 amide bonds. The molecule has 0 aromatic heterocycles. The first-order valence-corrected chi connectivity index (χ1v) is 7.47. The Bertz CT molecular complexity index is 591. The summed E-state index contributed by atoms with van der Waals surface area (Å²) in [5.41, 5.74) is 5.07. The molecular formula is C19H24FN. The number of benzene rings is 2. The molecule has 0 aliphatic heterocycles. The maximum absolute atomic E-state index is 14.4. The maximum Gasteiger partial charge on any atom is 0.128 e. The van der Waals surface area contributed by atoms with Crippen LogP contribution in [0, 0.1) is 19.7 Å². The maximum atomic E-state index is 14.4. The van der Waals surface area contributed by atoms with Gasteiger partial charge >= 0.3 is 0 Å². The van der Waals surface area contributed by atoms with E-state index in [1.54, 1.807) is 6.07 Å². The summed E-state index contributed by atoms with van der Waals surface area (Å²) in [7, 11) is 1.87. The number of hydrogen-bond donors (Lipinski definition) is 1. The minimum atomic E-state index is -0.139. The van der Waals surface area contributed by atoms with E-state index >= 15 is 0 Å². The van der Waals surface area contributed by atoms with Gasteiger partial charge in [0.05, 0.1) is 6.04 Å². The van der Waals surface area contributed by atoms with Crippen molar-refractivity contribution in [1.82, 2.24) is 5.32 Å². The van der Waals surface area contributed by atoms with Gasteiger partial charge in [0.15, 0.2) is 0 Å². The van der Waals surface area contributed by atoms with Gasteiger partial charge in [-0.3, -0.25) is 0 Å². The molecule has 0 saturated heterocycles. The number of halogens is 1. The zero-order chi connectivity index (χ0) is 15.6. The van der Waals surface area contributed by atoms with Crippen LogP contribution in [0.1, 0.15) is 53.6 Å². The van der Waals surface area contributed by atoms with E-state index in [9.17, 15) is 4.39 Å². The van der Waals surface area contributed by atoms with Gasteiger partial charge in [0.1, 0.15) is 5.82 Å². The molecule has 1 atom stereocenters. The molecule has 1 unspecified atom stereocenters. The summed E-state index contributed by atoms with van der Waals surface area (Å²) >= 11 is 0. The molecule has 2 rings (SSSR count). The van der Waals surface area contributed by atoms with Crippen LogP contribution in [0.4, 0.5) is 4.39 Å². The summed E-state index contributed by atoms with van der Waals surface area (Å²) in [4.78, 5) is 0. The van der Waals surface area contributed by atoms with Gasteiger partial charge in [-0.2, -0.15) is 0 Å². The van der Waals surface area contributed by atoms with Gasteiger partial charge in [-0.1, -0.05) is 44.2 Å². The molecule has 1 nitrogen and oxygen atoms in total. The van der Waals surface area contributed by atoms with E-state index in [1.165, 1.54) is 5.56 Å². The quantitative estimate of drug-likeness (QED) is 0.844. The Balaban J connectivity index is 2.45. The second-order valence-corrected chi connectivity index (χ2v) is 6.02. The number of rotatable bonds is 4. The third-order valence-electron chi connectivity index (χ3n) is 3.99. The lowest BCUT2D eigenvalue weighted by atomic mass is 9.92. The highest BCUT2D eigenvalue weighted by atomic mass is 19.1. The summed E-state index contributed by atoms with van der Waals surface area (Å²) in [6, 6.07) is 12.0. The van der Waals surface area contributed by atoms with Crippen LogP contribution in [0.3, 0.4) is 0 Å². The molecule has 0 radical (unpaired) electrons. The van der Waals surface area contributed by atoms with Crippen molar-refractivity contribution in [2.24, 2.45) is 0 Å². The Morgan fingerprint density at radius 2 is 1.52 bits per heavy atom. The summed E-state index contributed by atoms with van der Waals surface area (Å²) in [5, 5.41) is 3.24. The Labute approximate surface area is 127 Å². The monoisotopic (exact) mass is 285 g/mol. The lowest BCUT2D eigenvalue weighted by Gasteiger charge is -2.21. The van der Waals surface area contributed by atoms with Gasteiger partial charge in [-0.25, -0.2) is 4.39 Å². The van der Waals surface area contributed by atoms with Crippen LogP contribution < -0.4 is 5.32 Å². The van der Waals surface area contributed by atoms with E-state index in [0.29, 0.717) is 5.92 Å². The average molecular weight is 285 g/mol. The van der Waals surface area contributed by atoms with Crippen molar-refractivity contribution in [2.75, 3.05) is 7.05 Å². The van der Waals surface area contributed by atoms with Gasteiger partial charge in [-0.15, -0.1) is 0 Å². The first-order chi connectivity index (χ1) is 9.93. The van der Waals surface area contributed by atoms with Crippen molar-refractivity contribution in [3.63, 3.8) is 0 Å². The van der Waals surface area contributed by atoms with Crippen molar-refractivity contribution in [2.45, 2.75) is 39.7 Å². The molecule has 0 spiro atoms. The van der Waals surface area contributed by atoms with Crippen LogP contribution in [-0.4, -0.2) is 7.05 Å². The van der Waals surface area contributed by atoms with Crippen LogP contribution >= 0.6 is 0 Å². The van der Waals surface area contributed by atoms with Gasteiger partial charge < -0.3 is 5.32 Å². The molecule has 0 bridgehead atoms. The molecular weight excluding hydrogens is 261 g/mol.